The predicted octanol–water partition coefficient (Wildman–Crippen LogP) is 2.03. The number of aromatic nitrogens is 2. The summed E-state index contributed by atoms with van der Waals surface area (Å²) < 4.78 is 0. The fourth-order valence-electron chi connectivity index (χ4n) is 2.46. The van der Waals surface area contributed by atoms with E-state index in [2.05, 4.69) is 15.5 Å². The summed E-state index contributed by atoms with van der Waals surface area (Å²) in [7, 11) is 0. The molecule has 0 radical (unpaired) electrons. The minimum Gasteiger partial charge on any atom is -0.309 e. The molecule has 2 heterocycles. The van der Waals surface area contributed by atoms with E-state index in [9.17, 15) is 9.59 Å². The van der Waals surface area contributed by atoms with Gasteiger partial charge in [-0.2, -0.15) is 5.10 Å². The van der Waals surface area contributed by atoms with Gasteiger partial charge in [0.2, 0.25) is 5.91 Å². The molecule has 3 rings (SSSR count). The van der Waals surface area contributed by atoms with Crippen molar-refractivity contribution in [1.29, 1.82) is 0 Å². The Morgan fingerprint density at radius 2 is 2.05 bits per heavy atom. The third-order valence-electron chi connectivity index (χ3n) is 3.37. The van der Waals surface area contributed by atoms with E-state index >= 15 is 0 Å². The fourth-order valence-corrected chi connectivity index (χ4v) is 2.46. The molecule has 96 valence electrons. The lowest BCUT2D eigenvalue weighted by Crippen LogP contribution is -2.27. The van der Waals surface area contributed by atoms with Gasteiger partial charge < -0.3 is 5.32 Å². The van der Waals surface area contributed by atoms with Crippen LogP contribution in [-0.4, -0.2) is 21.9 Å². The number of aryl methyl sites for hydroxylation is 1. The third-order valence-corrected chi connectivity index (χ3v) is 3.37. The molecule has 5 heteroatoms. The van der Waals surface area contributed by atoms with Crippen LogP contribution in [0.5, 0.6) is 0 Å². The minimum atomic E-state index is -0.454. The highest BCUT2D eigenvalue weighted by molar-refractivity contribution is 6.07. The highest BCUT2D eigenvalue weighted by Gasteiger charge is 2.34. The van der Waals surface area contributed by atoms with Crippen LogP contribution in [0.3, 0.4) is 0 Å². The average molecular weight is 255 g/mol. The van der Waals surface area contributed by atoms with Crippen LogP contribution in [0.25, 0.3) is 0 Å². The number of benzene rings is 1. The molecule has 1 aromatic carbocycles. The van der Waals surface area contributed by atoms with Crippen molar-refractivity contribution in [3.8, 4) is 0 Å². The molecule has 1 aromatic heterocycles. The third kappa shape index (κ3) is 1.93. The van der Waals surface area contributed by atoms with Gasteiger partial charge in [0.15, 0.2) is 11.6 Å². The first-order valence-corrected chi connectivity index (χ1v) is 6.11. The number of ketones is 1. The quantitative estimate of drug-likeness (QED) is 0.806. The van der Waals surface area contributed by atoms with E-state index in [1.165, 1.54) is 0 Å². The van der Waals surface area contributed by atoms with Gasteiger partial charge in [0, 0.05) is 23.2 Å². The topological polar surface area (TPSA) is 74.8 Å². The van der Waals surface area contributed by atoms with Crippen molar-refractivity contribution in [2.45, 2.75) is 19.3 Å². The second-order valence-electron chi connectivity index (χ2n) is 4.65. The number of Topliss-reactive ketones (excluding diaryl/α,β-unsaturated/α-hetero) is 1. The first kappa shape index (κ1) is 11.6. The number of nitrogens with zero attached hydrogens (tertiary/aromatic N) is 1. The van der Waals surface area contributed by atoms with E-state index in [-0.39, 0.29) is 18.1 Å². The summed E-state index contributed by atoms with van der Waals surface area (Å²) in [4.78, 5) is 24.2. The van der Waals surface area contributed by atoms with Crippen molar-refractivity contribution >= 4 is 17.5 Å². The molecule has 2 aromatic rings. The summed E-state index contributed by atoms with van der Waals surface area (Å²) in [5.74, 6) is -0.192. The highest BCUT2D eigenvalue weighted by atomic mass is 16.2. The number of carbonyl (C=O) groups excluding carboxylic acids is 2. The van der Waals surface area contributed by atoms with Gasteiger partial charge in [0.05, 0.1) is 5.92 Å². The zero-order valence-electron chi connectivity index (χ0n) is 10.4. The second kappa shape index (κ2) is 4.35. The van der Waals surface area contributed by atoms with Crippen molar-refractivity contribution in [3.05, 3.63) is 47.2 Å². The summed E-state index contributed by atoms with van der Waals surface area (Å²) >= 11 is 0. The highest BCUT2D eigenvalue weighted by Crippen LogP contribution is 2.35. The average Bonchev–Trinajstić information content (AvgIpc) is 2.79. The molecule has 0 saturated heterocycles. The Bertz CT molecular complexity index is 646. The zero-order chi connectivity index (χ0) is 13.4. The molecule has 19 heavy (non-hydrogen) atoms. The van der Waals surface area contributed by atoms with E-state index < -0.39 is 5.92 Å². The maximum absolute atomic E-state index is 12.5. The monoisotopic (exact) mass is 255 g/mol. The van der Waals surface area contributed by atoms with E-state index in [4.69, 9.17) is 0 Å². The summed E-state index contributed by atoms with van der Waals surface area (Å²) in [5, 5.41) is 9.53. The summed E-state index contributed by atoms with van der Waals surface area (Å²) in [6, 6.07) is 9.03. The molecule has 1 amide bonds. The molecule has 0 bridgehead atoms. The minimum absolute atomic E-state index is 0.0406. The molecule has 1 aliphatic rings. The maximum atomic E-state index is 12.5. The van der Waals surface area contributed by atoms with E-state index in [0.717, 1.165) is 11.3 Å². The first-order valence-electron chi connectivity index (χ1n) is 6.11. The number of hydrogen-bond donors (Lipinski definition) is 2. The van der Waals surface area contributed by atoms with Crippen LogP contribution in [0.2, 0.25) is 0 Å². The lowest BCUT2D eigenvalue weighted by molar-refractivity contribution is -0.116. The van der Waals surface area contributed by atoms with E-state index in [1.54, 1.807) is 12.1 Å². The van der Waals surface area contributed by atoms with Crippen molar-refractivity contribution < 1.29 is 9.59 Å². The Labute approximate surface area is 110 Å². The largest absolute Gasteiger partial charge is 0.309 e. The molecular weight excluding hydrogens is 242 g/mol. The number of carbonyl (C=O) groups is 2. The fraction of sp³-hybridized carbons (Fsp3) is 0.214. The van der Waals surface area contributed by atoms with Gasteiger partial charge in [0.1, 0.15) is 0 Å². The number of rotatable bonds is 2. The number of fused-ring (bicyclic) bond motifs is 1. The predicted molar refractivity (Wildman–Crippen MR) is 70.1 cm³/mol. The molecule has 0 saturated carbocycles. The lowest BCUT2D eigenvalue weighted by atomic mass is 9.85. The number of hydrogen-bond acceptors (Lipinski definition) is 3. The number of nitrogens with one attached hydrogen (secondary N) is 2. The smallest absolute Gasteiger partial charge is 0.226 e. The van der Waals surface area contributed by atoms with Gasteiger partial charge in [-0.3, -0.25) is 14.7 Å². The molecule has 2 N–H and O–H groups in total. The molecule has 5 nitrogen and oxygen atoms in total. The Morgan fingerprint density at radius 3 is 2.79 bits per heavy atom. The Morgan fingerprint density at radius 1 is 1.32 bits per heavy atom. The van der Waals surface area contributed by atoms with Gasteiger partial charge in [-0.25, -0.2) is 0 Å². The number of amides is 1. The van der Waals surface area contributed by atoms with Crippen molar-refractivity contribution in [2.75, 3.05) is 5.32 Å². The van der Waals surface area contributed by atoms with Crippen LogP contribution in [0, 0.1) is 6.92 Å². The van der Waals surface area contributed by atoms with Crippen molar-refractivity contribution in [2.24, 2.45) is 0 Å². The number of H-pyrrole nitrogens is 1. The molecule has 1 unspecified atom stereocenters. The van der Waals surface area contributed by atoms with Crippen LogP contribution in [-0.2, 0) is 4.79 Å². The normalized spacial score (nSPS) is 17.7. The van der Waals surface area contributed by atoms with Crippen molar-refractivity contribution in [3.63, 3.8) is 0 Å². The summed E-state index contributed by atoms with van der Waals surface area (Å²) in [6.07, 6.45) is 0.168. The lowest BCUT2D eigenvalue weighted by Gasteiger charge is -2.21. The van der Waals surface area contributed by atoms with Gasteiger partial charge in [-0.15, -0.1) is 0 Å². The van der Waals surface area contributed by atoms with E-state index in [1.807, 2.05) is 25.1 Å². The van der Waals surface area contributed by atoms with Crippen LogP contribution in [0.1, 0.15) is 34.0 Å². The van der Waals surface area contributed by atoms with Crippen LogP contribution < -0.4 is 5.32 Å². The SMILES string of the molecule is Cc1[nH]nc2c1C(C(=O)c1ccccc1)CC(=O)N2. The van der Waals surface area contributed by atoms with Gasteiger partial charge >= 0.3 is 0 Å². The van der Waals surface area contributed by atoms with Gasteiger partial charge in [-0.1, -0.05) is 30.3 Å². The molecule has 0 aliphatic carbocycles. The zero-order valence-corrected chi connectivity index (χ0v) is 10.4. The molecular formula is C14H13N3O2. The number of anilines is 1. The Balaban J connectivity index is 2.04. The van der Waals surface area contributed by atoms with E-state index in [0.29, 0.717) is 11.4 Å². The summed E-state index contributed by atoms with van der Waals surface area (Å²) in [6.45, 7) is 1.86. The second-order valence-corrected chi connectivity index (χ2v) is 4.65. The van der Waals surface area contributed by atoms with Crippen LogP contribution in [0.4, 0.5) is 5.82 Å². The van der Waals surface area contributed by atoms with Crippen molar-refractivity contribution in [1.82, 2.24) is 10.2 Å². The molecule has 0 fully saturated rings. The molecule has 0 spiro atoms. The standard InChI is InChI=1S/C14H13N3O2/c1-8-12-10(7-11(18)15-14(12)17-16-8)13(19)9-5-3-2-4-6-9/h2-6,10H,7H2,1H3,(H2,15,16,17,18). The maximum Gasteiger partial charge on any atom is 0.226 e. The Hall–Kier alpha value is -2.43. The number of aromatic amines is 1. The molecule has 1 aliphatic heterocycles. The van der Waals surface area contributed by atoms with Crippen LogP contribution >= 0.6 is 0 Å². The van der Waals surface area contributed by atoms with Crippen LogP contribution in [0.15, 0.2) is 30.3 Å². The first-order chi connectivity index (χ1) is 9.16. The molecule has 1 atom stereocenters. The Kier molecular flexibility index (Phi) is 2.67. The summed E-state index contributed by atoms with van der Waals surface area (Å²) in [5.41, 5.74) is 2.24. The van der Waals surface area contributed by atoms with Gasteiger partial charge in [-0.05, 0) is 6.92 Å². The van der Waals surface area contributed by atoms with Gasteiger partial charge in [0.25, 0.3) is 0 Å².